The highest BCUT2D eigenvalue weighted by Gasteiger charge is 2.44. The normalized spacial score (nSPS) is 11.7. The summed E-state index contributed by atoms with van der Waals surface area (Å²) < 4.78 is 156. The first-order chi connectivity index (χ1) is 60.7. The molecule has 0 saturated heterocycles. The fourth-order valence-corrected chi connectivity index (χ4v) is 11.5. The number of aromatic amines is 4. The van der Waals surface area contributed by atoms with Gasteiger partial charge in [-0.3, -0.25) is 80.8 Å². The first-order valence-corrected chi connectivity index (χ1v) is 37.5. The molecule has 8 N–H and O–H groups in total. The van der Waals surface area contributed by atoms with Gasteiger partial charge < -0.3 is 33.2 Å². The summed E-state index contributed by atoms with van der Waals surface area (Å²) in [5.41, 5.74) is -0.0633. The minimum Gasteiger partial charge on any atom is -0.496 e. The van der Waals surface area contributed by atoms with Gasteiger partial charge in [0.05, 0.1) is 53.6 Å². The summed E-state index contributed by atoms with van der Waals surface area (Å²) in [6.07, 6.45) is -0.256. The van der Waals surface area contributed by atoms with E-state index in [4.69, 9.17) is 35.3 Å². The maximum atomic E-state index is 14.2. The molecule has 1 aliphatic heterocycles. The molecule has 0 radical (unpaired) electrons. The summed E-state index contributed by atoms with van der Waals surface area (Å²) in [4.78, 5) is 82.1. The molecule has 0 saturated carbocycles. The van der Waals surface area contributed by atoms with E-state index in [9.17, 15) is 58.7 Å². The van der Waals surface area contributed by atoms with Crippen LogP contribution < -0.4 is 54.4 Å². The van der Waals surface area contributed by atoms with E-state index < -0.39 is 63.9 Å². The topological polar surface area (TPSA) is 399 Å². The molecule has 9 heterocycles. The Balaban J connectivity index is 0.000000137. The Morgan fingerprint density at radius 3 is 1.10 bits per heavy atom. The van der Waals surface area contributed by atoms with Gasteiger partial charge in [-0.25, -0.2) is 4.39 Å². The lowest BCUT2D eigenvalue weighted by Gasteiger charge is -2.13. The van der Waals surface area contributed by atoms with Crippen LogP contribution in [0.2, 0.25) is 5.02 Å². The summed E-state index contributed by atoms with van der Waals surface area (Å²) in [6.45, 7) is 0. The lowest BCUT2D eigenvalue weighted by atomic mass is 10.1. The number of benzene rings is 8. The summed E-state index contributed by atoms with van der Waals surface area (Å²) in [7, 11) is 1.12. The van der Waals surface area contributed by atoms with Gasteiger partial charge in [0.1, 0.15) is 51.7 Å². The van der Waals surface area contributed by atoms with Gasteiger partial charge in [0, 0.05) is 68.2 Å². The number of methoxy groups -OCH3 is 1. The molecule has 0 unspecified atom stereocenters. The van der Waals surface area contributed by atoms with E-state index in [2.05, 4.69) is 127 Å². The van der Waals surface area contributed by atoms with E-state index in [1.165, 1.54) is 18.2 Å². The van der Waals surface area contributed by atoms with Crippen LogP contribution >= 0.6 is 27.5 Å². The second-order valence-corrected chi connectivity index (χ2v) is 27.0. The van der Waals surface area contributed by atoms with E-state index in [1.807, 2.05) is 36.4 Å². The van der Waals surface area contributed by atoms with E-state index in [1.54, 1.807) is 183 Å². The highest BCUT2D eigenvalue weighted by molar-refractivity contribution is 9.10. The van der Waals surface area contributed by atoms with Crippen molar-refractivity contribution >= 4 is 75.0 Å². The number of nitrogens with zero attached hydrogens (tertiary/aromatic N) is 12. The zero-order valence-electron chi connectivity index (χ0n) is 63.9. The summed E-state index contributed by atoms with van der Waals surface area (Å²) in [5.74, 6) is 1.34. The van der Waals surface area contributed by atoms with Gasteiger partial charge in [-0.2, -0.15) is 46.3 Å². The largest absolute Gasteiger partial charge is 0.586 e. The van der Waals surface area contributed by atoms with Gasteiger partial charge in [-0.05, 0) is 218 Å². The number of fused-ring (bicyclic) bond motifs is 1. The van der Waals surface area contributed by atoms with Crippen molar-refractivity contribution in [1.29, 1.82) is 0 Å². The molecule has 16 aromatic rings. The quantitative estimate of drug-likeness (QED) is 0.0310. The fourth-order valence-electron chi connectivity index (χ4n) is 11.1. The number of carbonyl (C=O) groups excluding carboxylic acids is 4. The lowest BCUT2D eigenvalue weighted by molar-refractivity contribution is -0.286. The minimum atomic E-state index is -4.81. The molecule has 634 valence electrons. The lowest BCUT2D eigenvalue weighted by Crippen LogP contribution is -2.25. The number of carbonyl (C=O) groups is 4. The van der Waals surface area contributed by atoms with Crippen LogP contribution in [0, 0.1) is 5.82 Å². The Labute approximate surface area is 716 Å². The highest BCUT2D eigenvalue weighted by atomic mass is 79.9. The minimum absolute atomic E-state index is 0.0173. The Morgan fingerprint density at radius 1 is 0.405 bits per heavy atom. The summed E-state index contributed by atoms with van der Waals surface area (Å²) in [5, 5.41) is 35.4. The average molecular weight is 1810 g/mol. The van der Waals surface area contributed by atoms with Crippen LogP contribution in [0.1, 0.15) is 52.6 Å². The van der Waals surface area contributed by atoms with Crippen molar-refractivity contribution in [3.05, 3.63) is 317 Å². The van der Waals surface area contributed by atoms with Crippen LogP contribution in [0.25, 0.3) is 45.6 Å². The molecule has 8 aromatic carbocycles. The Bertz CT molecular complexity index is 6480. The average Bonchev–Trinajstić information content (AvgIpc) is 0.940. The number of ether oxygens (including phenoxy) is 7. The molecule has 8 aromatic heterocycles. The van der Waals surface area contributed by atoms with Gasteiger partial charge in [0.25, 0.3) is 23.6 Å². The van der Waals surface area contributed by atoms with Crippen molar-refractivity contribution < 1.29 is 91.8 Å². The number of H-pyrrole nitrogens is 4. The molecule has 1 aliphatic rings. The SMILES string of the molecule is COc1ccc(C(=O)Nc2n[nH]c(-c3ccc(Oc4cccnc4)cc3)n2)cc1C(F)(F)F.O=C(Nc1n[nH]c(-c2ccc(Oc3cccnc3)cc2)n1)c1cc(C(F)(F)F)cc(Cl)c1F.O=C(Nc1n[nH]c(-c2ccc(Oc3cccnc3)cc2)n1)c1ccc(Br)cc1.O=C(Nc1n[nH]c(-c2ccc(Oc3cccnc3)cc2)n1)c1ccc2c(c1)OC(F)(F)O2. The molecule has 0 spiro atoms. The first kappa shape index (κ1) is 85.9. The maximum absolute atomic E-state index is 14.2. The van der Waals surface area contributed by atoms with Gasteiger partial charge in [0.15, 0.2) is 40.6 Å². The number of hydrogen-bond donors (Lipinski definition) is 8. The Morgan fingerprint density at radius 2 is 0.746 bits per heavy atom. The number of hydrogen-bond acceptors (Lipinski definition) is 23. The molecular weight excluding hydrogens is 1750 g/mol. The van der Waals surface area contributed by atoms with Gasteiger partial charge in [-0.15, -0.1) is 29.2 Å². The monoisotopic (exact) mass is 1800 g/mol. The van der Waals surface area contributed by atoms with E-state index in [-0.39, 0.29) is 63.9 Å². The number of rotatable bonds is 21. The van der Waals surface area contributed by atoms with Gasteiger partial charge in [0.2, 0.25) is 23.8 Å². The number of nitrogens with one attached hydrogen (secondary N) is 8. The molecule has 0 aliphatic carbocycles. The third-order valence-electron chi connectivity index (χ3n) is 17.0. The van der Waals surface area contributed by atoms with E-state index in [0.29, 0.717) is 104 Å². The number of amides is 4. The molecule has 0 atom stereocenters. The molecular formula is C84H55BrClF9N20O11. The first-order valence-electron chi connectivity index (χ1n) is 36.3. The molecule has 42 heteroatoms. The van der Waals surface area contributed by atoms with Crippen molar-refractivity contribution in [2.24, 2.45) is 0 Å². The highest BCUT2D eigenvalue weighted by Crippen LogP contribution is 2.43. The van der Waals surface area contributed by atoms with E-state index in [0.717, 1.165) is 29.3 Å². The smallest absolute Gasteiger partial charge is 0.496 e. The molecule has 4 amide bonds. The zero-order chi connectivity index (χ0) is 88.5. The standard InChI is InChI=1S/C22H16F3N5O3.C21H12ClF4N5O2.C21H13F2N5O4.C20H14BrN5O2/c1-32-18-9-6-14(11-17(18)22(23,24)25)20(31)28-21-27-19(29-30-21)13-4-7-15(8-5-13)33-16-3-2-10-26-12-16;22-16-9-12(21(24,25)26)8-15(17(16)23)19(32)29-20-28-18(30-31-20)11-3-5-13(6-4-11)33-14-2-1-7-27-10-14;22-21(23)31-16-8-5-13(10-17(16)32-21)19(29)26-20-25-18(27-28-20)12-3-6-14(7-4-12)30-15-2-1-9-24-11-15;21-15-7-3-14(4-8-15)19(27)24-20-23-18(25-26-20)13-5-9-16(10-6-13)28-17-2-1-11-22-12-17/h2-12H,1H3,(H2,27,28,29,30,31);1-10H,(H2,28,29,30,31,32);1-11H,(H2,25,26,27,28,29);1-12H,(H2,23,24,25,26,27). The number of aromatic nitrogens is 16. The van der Waals surface area contributed by atoms with Crippen LogP contribution in [-0.2, 0) is 12.4 Å². The molecule has 0 bridgehead atoms. The van der Waals surface area contributed by atoms with Crippen molar-refractivity contribution in [3.63, 3.8) is 0 Å². The molecule has 126 heavy (non-hydrogen) atoms. The van der Waals surface area contributed by atoms with Crippen molar-refractivity contribution in [1.82, 2.24) is 80.7 Å². The van der Waals surface area contributed by atoms with Crippen LogP contribution in [0.3, 0.4) is 0 Å². The number of pyridine rings is 4. The third-order valence-corrected chi connectivity index (χ3v) is 17.8. The van der Waals surface area contributed by atoms with Crippen LogP contribution in [0.4, 0.5) is 63.3 Å². The molecule has 17 rings (SSSR count). The second kappa shape index (κ2) is 38.5. The summed E-state index contributed by atoms with van der Waals surface area (Å²) in [6, 6.07) is 56.7. The third kappa shape index (κ3) is 22.8. The summed E-state index contributed by atoms with van der Waals surface area (Å²) >= 11 is 8.85. The van der Waals surface area contributed by atoms with Gasteiger partial charge in [-0.1, -0.05) is 27.5 Å². The van der Waals surface area contributed by atoms with E-state index >= 15 is 0 Å². The van der Waals surface area contributed by atoms with Crippen molar-refractivity contribution in [2.75, 3.05) is 28.4 Å². The molecule has 0 fully saturated rings. The van der Waals surface area contributed by atoms with Crippen LogP contribution in [0.15, 0.2) is 272 Å². The number of halogens is 11. The fraction of sp³-hybridized carbons (Fsp3) is 0.0476. The van der Waals surface area contributed by atoms with Crippen LogP contribution in [-0.4, -0.2) is 118 Å². The van der Waals surface area contributed by atoms with Crippen molar-refractivity contribution in [3.8, 4) is 109 Å². The Hall–Kier alpha value is -16.5. The predicted octanol–water partition coefficient (Wildman–Crippen LogP) is 19.6. The molecule has 31 nitrogen and oxygen atoms in total. The number of alkyl halides is 8. The zero-order valence-corrected chi connectivity index (χ0v) is 66.3. The van der Waals surface area contributed by atoms with Gasteiger partial charge >= 0.3 is 18.6 Å². The second-order valence-electron chi connectivity index (χ2n) is 25.7. The Kier molecular flexibility index (Phi) is 26.3. The number of anilines is 4. The van der Waals surface area contributed by atoms with Crippen LogP contribution in [0.5, 0.6) is 63.2 Å². The van der Waals surface area contributed by atoms with Crippen molar-refractivity contribution in [2.45, 2.75) is 18.6 Å². The predicted molar refractivity (Wildman–Crippen MR) is 438 cm³/mol. The maximum Gasteiger partial charge on any atom is 0.586 e.